The van der Waals surface area contributed by atoms with Crippen molar-refractivity contribution in [1.29, 1.82) is 0 Å². The highest BCUT2D eigenvalue weighted by atomic mass is 16.3. The zero-order valence-corrected chi connectivity index (χ0v) is 12.8. The largest absolute Gasteiger partial charge is 0.459 e. The maximum absolute atomic E-state index is 12.7. The van der Waals surface area contributed by atoms with Gasteiger partial charge in [0.05, 0.1) is 17.6 Å². The van der Waals surface area contributed by atoms with Crippen LogP contribution in [-0.2, 0) is 4.79 Å². The molecule has 0 radical (unpaired) electrons. The van der Waals surface area contributed by atoms with Crippen molar-refractivity contribution in [2.45, 2.75) is 19.3 Å². The molecule has 1 aromatic carbocycles. The van der Waals surface area contributed by atoms with Gasteiger partial charge in [-0.1, -0.05) is 12.1 Å². The molecule has 0 bridgehead atoms. The fourth-order valence-corrected chi connectivity index (χ4v) is 3.07. The van der Waals surface area contributed by atoms with Crippen LogP contribution in [0.4, 0.5) is 11.4 Å². The number of carbonyl (C=O) groups excluding carboxylic acids is 2. The summed E-state index contributed by atoms with van der Waals surface area (Å²) >= 11 is 0. The Hall–Kier alpha value is -2.56. The monoisotopic (exact) mass is 310 g/mol. The average Bonchev–Trinajstić information content (AvgIpc) is 3.32. The van der Waals surface area contributed by atoms with Crippen molar-refractivity contribution in [2.75, 3.05) is 22.9 Å². The van der Waals surface area contributed by atoms with E-state index in [9.17, 15) is 9.59 Å². The van der Waals surface area contributed by atoms with Gasteiger partial charge in [0.2, 0.25) is 5.91 Å². The second-order valence-electron chi connectivity index (χ2n) is 6.04. The van der Waals surface area contributed by atoms with Crippen LogP contribution in [0.3, 0.4) is 0 Å². The third-order valence-electron chi connectivity index (χ3n) is 4.40. The SMILES string of the molecule is O=C(c1ccco1)N1CCCN(C(=O)C2CC2)c2ccccc21. The lowest BCUT2D eigenvalue weighted by atomic mass is 10.2. The van der Waals surface area contributed by atoms with Crippen LogP contribution in [0.15, 0.2) is 47.1 Å². The van der Waals surface area contributed by atoms with Gasteiger partial charge in [0.1, 0.15) is 0 Å². The van der Waals surface area contributed by atoms with Crippen molar-refractivity contribution in [3.63, 3.8) is 0 Å². The molecule has 2 amide bonds. The van der Waals surface area contributed by atoms with Crippen molar-refractivity contribution in [2.24, 2.45) is 5.92 Å². The molecule has 1 aromatic heterocycles. The third kappa shape index (κ3) is 2.52. The van der Waals surface area contributed by atoms with Gasteiger partial charge in [-0.3, -0.25) is 9.59 Å². The molecule has 5 heteroatoms. The predicted octanol–water partition coefficient (Wildman–Crippen LogP) is 3.07. The smallest absolute Gasteiger partial charge is 0.294 e. The van der Waals surface area contributed by atoms with Crippen LogP contribution in [0.25, 0.3) is 0 Å². The lowest BCUT2D eigenvalue weighted by Gasteiger charge is -2.25. The van der Waals surface area contributed by atoms with Gasteiger partial charge in [-0.05, 0) is 43.5 Å². The first-order chi connectivity index (χ1) is 11.3. The summed E-state index contributed by atoms with van der Waals surface area (Å²) in [5.74, 6) is 0.505. The van der Waals surface area contributed by atoms with E-state index in [4.69, 9.17) is 4.42 Å². The molecule has 5 nitrogen and oxygen atoms in total. The number of fused-ring (bicyclic) bond motifs is 1. The van der Waals surface area contributed by atoms with E-state index >= 15 is 0 Å². The van der Waals surface area contributed by atoms with Gasteiger partial charge >= 0.3 is 0 Å². The average molecular weight is 310 g/mol. The molecule has 118 valence electrons. The van der Waals surface area contributed by atoms with Gasteiger partial charge < -0.3 is 14.2 Å². The number of anilines is 2. The predicted molar refractivity (Wildman–Crippen MR) is 86.5 cm³/mol. The van der Waals surface area contributed by atoms with E-state index in [2.05, 4.69) is 0 Å². The Morgan fingerprint density at radius 1 is 0.957 bits per heavy atom. The second kappa shape index (κ2) is 5.57. The maximum Gasteiger partial charge on any atom is 0.294 e. The molecule has 0 N–H and O–H groups in total. The van der Waals surface area contributed by atoms with Crippen molar-refractivity contribution < 1.29 is 14.0 Å². The zero-order valence-electron chi connectivity index (χ0n) is 12.8. The van der Waals surface area contributed by atoms with E-state index < -0.39 is 0 Å². The normalized spacial score (nSPS) is 17.6. The van der Waals surface area contributed by atoms with E-state index in [1.54, 1.807) is 17.0 Å². The summed E-state index contributed by atoms with van der Waals surface area (Å²) in [6.45, 7) is 1.22. The molecule has 0 spiro atoms. The molecule has 4 rings (SSSR count). The fourth-order valence-electron chi connectivity index (χ4n) is 3.07. The number of nitrogens with zero attached hydrogens (tertiary/aromatic N) is 2. The number of amides is 2. The zero-order chi connectivity index (χ0) is 15.8. The van der Waals surface area contributed by atoms with Gasteiger partial charge in [0.15, 0.2) is 5.76 Å². The van der Waals surface area contributed by atoms with Crippen molar-refractivity contribution in [3.05, 3.63) is 48.4 Å². The molecule has 2 aromatic rings. The number of rotatable bonds is 2. The minimum Gasteiger partial charge on any atom is -0.459 e. The summed E-state index contributed by atoms with van der Waals surface area (Å²) in [6, 6.07) is 11.0. The lowest BCUT2D eigenvalue weighted by Crippen LogP contribution is -2.32. The third-order valence-corrected chi connectivity index (χ3v) is 4.40. The molecular formula is C18H18N2O3. The quantitative estimate of drug-likeness (QED) is 0.856. The molecule has 0 atom stereocenters. The van der Waals surface area contributed by atoms with Gasteiger partial charge in [-0.2, -0.15) is 0 Å². The van der Waals surface area contributed by atoms with Gasteiger partial charge in [-0.15, -0.1) is 0 Å². The summed E-state index contributed by atoms with van der Waals surface area (Å²) in [5.41, 5.74) is 1.60. The minimum absolute atomic E-state index is 0.162. The van der Waals surface area contributed by atoms with Gasteiger partial charge in [-0.25, -0.2) is 0 Å². The first kappa shape index (κ1) is 14.1. The van der Waals surface area contributed by atoms with Crippen LogP contribution < -0.4 is 9.80 Å². The molecule has 0 unspecified atom stereocenters. The minimum atomic E-state index is -0.164. The number of hydrogen-bond donors (Lipinski definition) is 0. The van der Waals surface area contributed by atoms with E-state index in [1.807, 2.05) is 29.2 Å². The number of carbonyl (C=O) groups is 2. The number of benzene rings is 1. The molecule has 1 fully saturated rings. The topological polar surface area (TPSA) is 53.8 Å². The van der Waals surface area contributed by atoms with Crippen LogP contribution in [0.1, 0.15) is 29.8 Å². The maximum atomic E-state index is 12.7. The molecule has 2 aliphatic rings. The summed E-state index contributed by atoms with van der Waals surface area (Å²) in [5, 5.41) is 0. The summed E-state index contributed by atoms with van der Waals surface area (Å²) < 4.78 is 5.26. The molecule has 1 aliphatic heterocycles. The first-order valence-corrected chi connectivity index (χ1v) is 8.01. The molecule has 1 saturated carbocycles. The Bertz CT molecular complexity index is 734. The highest BCUT2D eigenvalue weighted by Gasteiger charge is 2.36. The van der Waals surface area contributed by atoms with Crippen molar-refractivity contribution in [3.8, 4) is 0 Å². The summed E-state index contributed by atoms with van der Waals surface area (Å²) in [6.07, 6.45) is 4.21. The Morgan fingerprint density at radius 3 is 2.30 bits per heavy atom. The molecule has 1 aliphatic carbocycles. The molecule has 23 heavy (non-hydrogen) atoms. The van der Waals surface area contributed by atoms with Gasteiger partial charge in [0, 0.05) is 19.0 Å². The van der Waals surface area contributed by atoms with Crippen LogP contribution in [0.2, 0.25) is 0 Å². The van der Waals surface area contributed by atoms with Crippen molar-refractivity contribution in [1.82, 2.24) is 0 Å². The van der Waals surface area contributed by atoms with Gasteiger partial charge in [0.25, 0.3) is 5.91 Å². The lowest BCUT2D eigenvalue weighted by molar-refractivity contribution is -0.119. The van der Waals surface area contributed by atoms with Crippen LogP contribution >= 0.6 is 0 Å². The Morgan fingerprint density at radius 2 is 1.65 bits per heavy atom. The standard InChI is InChI=1S/C18H18N2O3/c21-17(13-8-9-13)19-10-4-11-20(15-6-2-1-5-14(15)19)18(22)16-7-3-12-23-16/h1-3,5-7,12-13H,4,8-11H2. The highest BCUT2D eigenvalue weighted by molar-refractivity contribution is 6.08. The fraction of sp³-hybridized carbons (Fsp3) is 0.333. The molecule has 2 heterocycles. The number of hydrogen-bond acceptors (Lipinski definition) is 3. The van der Waals surface area contributed by atoms with E-state index in [0.29, 0.717) is 18.8 Å². The van der Waals surface area contributed by atoms with Crippen molar-refractivity contribution >= 4 is 23.2 Å². The molecular weight excluding hydrogens is 292 g/mol. The highest BCUT2D eigenvalue weighted by Crippen LogP contribution is 2.38. The van der Waals surface area contributed by atoms with Crippen LogP contribution in [0.5, 0.6) is 0 Å². The van der Waals surface area contributed by atoms with E-state index in [-0.39, 0.29) is 17.7 Å². The Balaban J connectivity index is 1.72. The van der Waals surface area contributed by atoms with Crippen LogP contribution in [0, 0.1) is 5.92 Å². The van der Waals surface area contributed by atoms with Crippen LogP contribution in [-0.4, -0.2) is 24.9 Å². The second-order valence-corrected chi connectivity index (χ2v) is 6.04. The number of para-hydroxylation sites is 2. The summed E-state index contributed by atoms with van der Waals surface area (Å²) in [4.78, 5) is 28.9. The molecule has 0 saturated heterocycles. The Labute approximate surface area is 134 Å². The Kier molecular flexibility index (Phi) is 3.41. The van der Waals surface area contributed by atoms with E-state index in [1.165, 1.54) is 6.26 Å². The van der Waals surface area contributed by atoms with E-state index in [0.717, 1.165) is 30.6 Å². The summed E-state index contributed by atoms with van der Waals surface area (Å²) in [7, 11) is 0. The first-order valence-electron chi connectivity index (χ1n) is 8.01. The number of furan rings is 1.